The molecule has 0 atom stereocenters. The average Bonchev–Trinajstić information content (AvgIpc) is 2.39. The summed E-state index contributed by atoms with van der Waals surface area (Å²) in [5.74, 6) is 0.661. The van der Waals surface area contributed by atoms with E-state index in [0.717, 1.165) is 0 Å². The Morgan fingerprint density at radius 3 is 2.17 bits per heavy atom. The number of aliphatic hydroxyl groups excluding tert-OH is 2. The van der Waals surface area contributed by atoms with Gasteiger partial charge in [-0.15, -0.1) is 0 Å². The van der Waals surface area contributed by atoms with Crippen LogP contribution in [0.4, 0.5) is 0 Å². The lowest BCUT2D eigenvalue weighted by atomic mass is 10.1. The molecular weight excluding hydrogens is 234 g/mol. The molecule has 0 bridgehead atoms. The van der Waals surface area contributed by atoms with Crippen molar-refractivity contribution in [1.29, 1.82) is 0 Å². The highest BCUT2D eigenvalue weighted by atomic mass is 16.5. The van der Waals surface area contributed by atoms with Crippen molar-refractivity contribution in [1.82, 2.24) is 4.90 Å². The smallest absolute Gasteiger partial charge is 0.176 e. The first-order chi connectivity index (χ1) is 8.71. The summed E-state index contributed by atoms with van der Waals surface area (Å²) in [6.45, 7) is 0.879. The van der Waals surface area contributed by atoms with Gasteiger partial charge in [0.1, 0.15) is 5.75 Å². The number of aliphatic hydroxyl groups is 2. The zero-order valence-electron chi connectivity index (χ0n) is 10.5. The van der Waals surface area contributed by atoms with Crippen LogP contribution in [0.1, 0.15) is 10.4 Å². The number of methoxy groups -OCH3 is 1. The molecule has 5 heteroatoms. The third-order valence-corrected chi connectivity index (χ3v) is 2.61. The van der Waals surface area contributed by atoms with Gasteiger partial charge in [0.05, 0.1) is 26.9 Å². The third kappa shape index (κ3) is 4.44. The van der Waals surface area contributed by atoms with Crippen LogP contribution in [0.3, 0.4) is 0 Å². The van der Waals surface area contributed by atoms with Crippen LogP contribution in [0.5, 0.6) is 5.75 Å². The van der Waals surface area contributed by atoms with E-state index in [9.17, 15) is 4.79 Å². The van der Waals surface area contributed by atoms with E-state index in [2.05, 4.69) is 0 Å². The van der Waals surface area contributed by atoms with Crippen LogP contribution in [0.25, 0.3) is 0 Å². The Morgan fingerprint density at radius 2 is 1.72 bits per heavy atom. The molecule has 0 aliphatic carbocycles. The largest absolute Gasteiger partial charge is 0.497 e. The molecule has 0 spiro atoms. The Bertz CT molecular complexity index is 358. The van der Waals surface area contributed by atoms with Gasteiger partial charge in [-0.1, -0.05) is 0 Å². The molecule has 2 N–H and O–H groups in total. The van der Waals surface area contributed by atoms with Gasteiger partial charge >= 0.3 is 0 Å². The Hall–Kier alpha value is -1.43. The molecule has 1 aromatic carbocycles. The lowest BCUT2D eigenvalue weighted by molar-refractivity contribution is 0.0894. The van der Waals surface area contributed by atoms with Crippen molar-refractivity contribution in [3.05, 3.63) is 29.8 Å². The standard InChI is InChI=1S/C13H19NO4/c1-18-12-4-2-11(3-5-12)13(17)10-14(6-8-15)7-9-16/h2-5,15-16H,6-10H2,1H3. The number of ketones is 1. The monoisotopic (exact) mass is 253 g/mol. The Kier molecular flexibility index (Phi) is 6.35. The van der Waals surface area contributed by atoms with E-state index in [1.165, 1.54) is 0 Å². The summed E-state index contributed by atoms with van der Waals surface area (Å²) in [5.41, 5.74) is 0.594. The van der Waals surface area contributed by atoms with E-state index >= 15 is 0 Å². The van der Waals surface area contributed by atoms with Gasteiger partial charge in [-0.2, -0.15) is 0 Å². The number of benzene rings is 1. The van der Waals surface area contributed by atoms with E-state index in [-0.39, 0.29) is 25.5 Å². The summed E-state index contributed by atoms with van der Waals surface area (Å²) in [6.07, 6.45) is 0. The number of nitrogens with zero attached hydrogens (tertiary/aromatic N) is 1. The molecule has 18 heavy (non-hydrogen) atoms. The summed E-state index contributed by atoms with van der Waals surface area (Å²) in [6, 6.07) is 6.87. The number of carbonyl (C=O) groups is 1. The molecule has 0 aliphatic heterocycles. The summed E-state index contributed by atoms with van der Waals surface area (Å²) < 4.78 is 5.02. The molecule has 1 aromatic rings. The Morgan fingerprint density at radius 1 is 1.17 bits per heavy atom. The normalized spacial score (nSPS) is 10.7. The molecule has 0 radical (unpaired) electrons. The fourth-order valence-corrected chi connectivity index (χ4v) is 1.62. The van der Waals surface area contributed by atoms with E-state index in [1.807, 2.05) is 0 Å². The van der Waals surface area contributed by atoms with Crippen molar-refractivity contribution < 1.29 is 19.7 Å². The first kappa shape index (κ1) is 14.6. The molecule has 0 aliphatic rings. The first-order valence-corrected chi connectivity index (χ1v) is 5.82. The Balaban J connectivity index is 2.61. The van der Waals surface area contributed by atoms with Gasteiger partial charge in [-0.3, -0.25) is 9.69 Å². The molecular formula is C13H19NO4. The number of carbonyl (C=O) groups excluding carboxylic acids is 1. The van der Waals surface area contributed by atoms with Crippen LogP contribution >= 0.6 is 0 Å². The van der Waals surface area contributed by atoms with Crippen LogP contribution in [0, 0.1) is 0 Å². The number of ether oxygens (including phenoxy) is 1. The third-order valence-electron chi connectivity index (χ3n) is 2.61. The van der Waals surface area contributed by atoms with Crippen LogP contribution < -0.4 is 4.74 Å². The Labute approximate surface area is 107 Å². The van der Waals surface area contributed by atoms with Gasteiger partial charge in [0.25, 0.3) is 0 Å². The van der Waals surface area contributed by atoms with E-state index < -0.39 is 0 Å². The predicted octanol–water partition coefficient (Wildman–Crippen LogP) is 0.164. The van der Waals surface area contributed by atoms with Crippen molar-refractivity contribution in [2.75, 3.05) is 40.0 Å². The molecule has 0 saturated carbocycles. The van der Waals surface area contributed by atoms with Crippen molar-refractivity contribution in [2.45, 2.75) is 0 Å². The maximum Gasteiger partial charge on any atom is 0.176 e. The van der Waals surface area contributed by atoms with Crippen LogP contribution in [-0.4, -0.2) is 60.9 Å². The van der Waals surface area contributed by atoms with E-state index in [1.54, 1.807) is 36.3 Å². The van der Waals surface area contributed by atoms with Gasteiger partial charge in [0.15, 0.2) is 5.78 Å². The number of Topliss-reactive ketones (excluding diaryl/α,β-unsaturated/α-hetero) is 1. The lowest BCUT2D eigenvalue weighted by Crippen LogP contribution is -2.34. The fourth-order valence-electron chi connectivity index (χ4n) is 1.62. The van der Waals surface area contributed by atoms with Crippen molar-refractivity contribution in [2.24, 2.45) is 0 Å². The highest BCUT2D eigenvalue weighted by Gasteiger charge is 2.11. The highest BCUT2D eigenvalue weighted by molar-refractivity contribution is 5.97. The lowest BCUT2D eigenvalue weighted by Gasteiger charge is -2.19. The zero-order valence-corrected chi connectivity index (χ0v) is 10.5. The minimum absolute atomic E-state index is 0.0319. The van der Waals surface area contributed by atoms with Crippen molar-refractivity contribution in [3.8, 4) is 5.75 Å². The van der Waals surface area contributed by atoms with Crippen molar-refractivity contribution in [3.63, 3.8) is 0 Å². The number of rotatable bonds is 8. The summed E-state index contributed by atoms with van der Waals surface area (Å²) in [5, 5.41) is 17.7. The molecule has 100 valence electrons. The summed E-state index contributed by atoms with van der Waals surface area (Å²) >= 11 is 0. The minimum Gasteiger partial charge on any atom is -0.497 e. The molecule has 0 unspecified atom stereocenters. The van der Waals surface area contributed by atoms with Crippen LogP contribution in [-0.2, 0) is 0 Å². The fraction of sp³-hybridized carbons (Fsp3) is 0.462. The second-order valence-electron chi connectivity index (χ2n) is 3.88. The van der Waals surface area contributed by atoms with Gasteiger partial charge in [0.2, 0.25) is 0 Å². The maximum absolute atomic E-state index is 12.0. The molecule has 0 fully saturated rings. The molecule has 5 nitrogen and oxygen atoms in total. The number of hydrogen-bond donors (Lipinski definition) is 2. The maximum atomic E-state index is 12.0. The highest BCUT2D eigenvalue weighted by Crippen LogP contribution is 2.12. The SMILES string of the molecule is COc1ccc(C(=O)CN(CCO)CCO)cc1. The zero-order chi connectivity index (χ0) is 13.4. The van der Waals surface area contributed by atoms with Gasteiger partial charge in [-0.05, 0) is 24.3 Å². The first-order valence-electron chi connectivity index (χ1n) is 5.82. The molecule has 1 rings (SSSR count). The predicted molar refractivity (Wildman–Crippen MR) is 67.9 cm³/mol. The topological polar surface area (TPSA) is 70.0 Å². The molecule has 0 aromatic heterocycles. The summed E-state index contributed by atoms with van der Waals surface area (Å²) in [4.78, 5) is 13.7. The molecule has 0 saturated heterocycles. The quantitative estimate of drug-likeness (QED) is 0.646. The van der Waals surface area contributed by atoms with E-state index in [0.29, 0.717) is 24.4 Å². The number of hydrogen-bond acceptors (Lipinski definition) is 5. The van der Waals surface area contributed by atoms with E-state index in [4.69, 9.17) is 14.9 Å². The minimum atomic E-state index is -0.0421. The second kappa shape index (κ2) is 7.81. The van der Waals surface area contributed by atoms with Gasteiger partial charge < -0.3 is 14.9 Å². The van der Waals surface area contributed by atoms with Gasteiger partial charge in [0, 0.05) is 18.7 Å². The van der Waals surface area contributed by atoms with Crippen LogP contribution in [0.15, 0.2) is 24.3 Å². The van der Waals surface area contributed by atoms with Crippen LogP contribution in [0.2, 0.25) is 0 Å². The molecule has 0 heterocycles. The second-order valence-corrected chi connectivity index (χ2v) is 3.88. The summed E-state index contributed by atoms with van der Waals surface area (Å²) in [7, 11) is 1.57. The average molecular weight is 253 g/mol. The van der Waals surface area contributed by atoms with Crippen molar-refractivity contribution >= 4 is 5.78 Å². The van der Waals surface area contributed by atoms with Gasteiger partial charge in [-0.25, -0.2) is 0 Å². The molecule has 0 amide bonds.